The molecule has 0 saturated heterocycles. The van der Waals surface area contributed by atoms with Crippen molar-refractivity contribution < 1.29 is 18.0 Å². The quantitative estimate of drug-likeness (QED) is 0.773. The molecule has 3 aromatic rings. The van der Waals surface area contributed by atoms with E-state index in [0.717, 1.165) is 10.9 Å². The van der Waals surface area contributed by atoms with Gasteiger partial charge in [0.2, 0.25) is 11.8 Å². The second kappa shape index (κ2) is 6.66. The van der Waals surface area contributed by atoms with Crippen molar-refractivity contribution in [2.24, 2.45) is 0 Å². The van der Waals surface area contributed by atoms with Crippen LogP contribution in [0.25, 0.3) is 10.8 Å². The van der Waals surface area contributed by atoms with E-state index in [0.29, 0.717) is 17.8 Å². The average molecular weight is 335 g/mol. The first-order valence-electron chi connectivity index (χ1n) is 6.73. The molecule has 3 rings (SSSR count). The van der Waals surface area contributed by atoms with Gasteiger partial charge in [-0.25, -0.2) is 8.78 Å². The molecule has 0 aliphatic carbocycles. The summed E-state index contributed by atoms with van der Waals surface area (Å²) in [4.78, 5) is 12.6. The minimum absolute atomic E-state index is 0.0445. The maximum absolute atomic E-state index is 13.4. The third-order valence-electron chi connectivity index (χ3n) is 2.97. The summed E-state index contributed by atoms with van der Waals surface area (Å²) in [5, 5.41) is 12.0. The van der Waals surface area contributed by atoms with Gasteiger partial charge < -0.3 is 9.73 Å². The van der Waals surface area contributed by atoms with Gasteiger partial charge in [-0.2, -0.15) is 0 Å². The number of aryl methyl sites for hydroxylation is 1. The van der Waals surface area contributed by atoms with E-state index in [1.807, 2.05) is 17.5 Å². The van der Waals surface area contributed by atoms with Gasteiger partial charge in [-0.1, -0.05) is 6.07 Å². The fraction of sp³-hybridized carbons (Fsp3) is 0.133. The van der Waals surface area contributed by atoms with Crippen molar-refractivity contribution in [2.75, 3.05) is 5.32 Å². The summed E-state index contributed by atoms with van der Waals surface area (Å²) >= 11 is 1.47. The Hall–Kier alpha value is -2.61. The van der Waals surface area contributed by atoms with Crippen LogP contribution in [-0.4, -0.2) is 16.1 Å². The number of carbonyl (C=O) groups excluding carboxylic acids is 1. The number of benzene rings is 1. The molecular weight excluding hydrogens is 324 g/mol. The Bertz CT molecular complexity index is 818. The van der Waals surface area contributed by atoms with Crippen LogP contribution in [0.3, 0.4) is 0 Å². The molecule has 1 aromatic carbocycles. The predicted octanol–water partition coefficient (Wildman–Crippen LogP) is 3.65. The number of anilines is 1. The van der Waals surface area contributed by atoms with E-state index in [9.17, 15) is 13.6 Å². The number of aromatic nitrogens is 2. The molecule has 5 nitrogen and oxygen atoms in total. The average Bonchev–Trinajstić information content (AvgIpc) is 3.18. The molecular formula is C15H11F2N3O2S. The van der Waals surface area contributed by atoms with Gasteiger partial charge in [-0.3, -0.25) is 4.79 Å². The molecule has 23 heavy (non-hydrogen) atoms. The zero-order chi connectivity index (χ0) is 16.2. The summed E-state index contributed by atoms with van der Waals surface area (Å²) in [7, 11) is 0. The summed E-state index contributed by atoms with van der Waals surface area (Å²) in [6, 6.07) is 6.68. The van der Waals surface area contributed by atoms with Crippen LogP contribution in [0, 0.1) is 11.6 Å². The maximum atomic E-state index is 13.4. The number of nitrogens with zero attached hydrogens (tertiary/aromatic N) is 2. The Labute approximate surface area is 134 Å². The highest BCUT2D eigenvalue weighted by Crippen LogP contribution is 2.23. The molecule has 0 radical (unpaired) electrons. The molecule has 0 bridgehead atoms. The maximum Gasteiger partial charge on any atom is 0.257 e. The van der Waals surface area contributed by atoms with Crippen LogP contribution in [0.15, 0.2) is 40.1 Å². The Kier molecular flexibility index (Phi) is 4.42. The van der Waals surface area contributed by atoms with E-state index in [2.05, 4.69) is 15.5 Å². The molecule has 2 heterocycles. The van der Waals surface area contributed by atoms with Gasteiger partial charge in [0.1, 0.15) is 11.6 Å². The van der Waals surface area contributed by atoms with Crippen LogP contribution in [-0.2, 0) is 11.2 Å². The van der Waals surface area contributed by atoms with Crippen LogP contribution < -0.4 is 5.32 Å². The lowest BCUT2D eigenvalue weighted by atomic mass is 10.2. The molecule has 0 unspecified atom stereocenters. The molecule has 0 saturated carbocycles. The van der Waals surface area contributed by atoms with Crippen molar-refractivity contribution in [3.63, 3.8) is 0 Å². The molecule has 8 heteroatoms. The van der Waals surface area contributed by atoms with Crippen molar-refractivity contribution in [1.82, 2.24) is 10.2 Å². The highest BCUT2D eigenvalue weighted by molar-refractivity contribution is 7.13. The normalized spacial score (nSPS) is 10.7. The summed E-state index contributed by atoms with van der Waals surface area (Å²) in [5.74, 6) is -1.22. The minimum atomic E-state index is -0.823. The molecule has 1 N–H and O–H groups in total. The first kappa shape index (κ1) is 15.3. The van der Waals surface area contributed by atoms with E-state index < -0.39 is 17.5 Å². The lowest BCUT2D eigenvalue weighted by molar-refractivity contribution is -0.116. The van der Waals surface area contributed by atoms with Crippen molar-refractivity contribution in [1.29, 1.82) is 0 Å². The summed E-state index contributed by atoms with van der Waals surface area (Å²) in [5.41, 5.74) is -0.0683. The van der Waals surface area contributed by atoms with Crippen molar-refractivity contribution in [3.05, 3.63) is 53.2 Å². The van der Waals surface area contributed by atoms with Crippen LogP contribution in [0.2, 0.25) is 0 Å². The highest BCUT2D eigenvalue weighted by Gasteiger charge is 2.12. The number of hydrogen-bond acceptors (Lipinski definition) is 5. The number of carbonyl (C=O) groups is 1. The topological polar surface area (TPSA) is 68.0 Å². The van der Waals surface area contributed by atoms with Crippen LogP contribution in [0.1, 0.15) is 12.3 Å². The van der Waals surface area contributed by atoms with Gasteiger partial charge in [-0.05, 0) is 23.6 Å². The van der Waals surface area contributed by atoms with Crippen molar-refractivity contribution >= 4 is 22.9 Å². The summed E-state index contributed by atoms with van der Waals surface area (Å²) in [6.07, 6.45) is 0.274. The van der Waals surface area contributed by atoms with Crippen LogP contribution >= 0.6 is 11.3 Å². The molecule has 0 aliphatic heterocycles. The van der Waals surface area contributed by atoms with Crippen LogP contribution in [0.5, 0.6) is 0 Å². The number of thiophene rings is 1. The predicted molar refractivity (Wildman–Crippen MR) is 80.9 cm³/mol. The van der Waals surface area contributed by atoms with Gasteiger partial charge in [0.05, 0.1) is 10.6 Å². The highest BCUT2D eigenvalue weighted by atomic mass is 32.1. The Morgan fingerprint density at radius 2 is 2.13 bits per heavy atom. The monoisotopic (exact) mass is 335 g/mol. The number of rotatable bonds is 5. The van der Waals surface area contributed by atoms with Gasteiger partial charge in [0.25, 0.3) is 5.89 Å². The minimum Gasteiger partial charge on any atom is -0.420 e. The first-order chi connectivity index (χ1) is 11.1. The lowest BCUT2D eigenvalue weighted by Crippen LogP contribution is -2.13. The number of amides is 1. The van der Waals surface area contributed by atoms with E-state index in [-0.39, 0.29) is 18.5 Å². The zero-order valence-electron chi connectivity index (χ0n) is 11.8. The Balaban J connectivity index is 1.57. The first-order valence-corrected chi connectivity index (χ1v) is 7.61. The van der Waals surface area contributed by atoms with E-state index >= 15 is 0 Å². The Morgan fingerprint density at radius 1 is 1.26 bits per heavy atom. The second-order valence-corrected chi connectivity index (χ2v) is 5.60. The second-order valence-electron chi connectivity index (χ2n) is 4.65. The molecule has 0 fully saturated rings. The van der Waals surface area contributed by atoms with Gasteiger partial charge >= 0.3 is 0 Å². The zero-order valence-corrected chi connectivity index (χ0v) is 12.6. The SMILES string of the molecule is O=C(CCc1nnc(-c2cccs2)o1)Nc1ccc(F)cc1F. The van der Waals surface area contributed by atoms with Crippen molar-refractivity contribution in [3.8, 4) is 10.8 Å². The lowest BCUT2D eigenvalue weighted by Gasteiger charge is -2.05. The Morgan fingerprint density at radius 3 is 2.87 bits per heavy atom. The third kappa shape index (κ3) is 3.78. The van der Waals surface area contributed by atoms with Crippen LogP contribution in [0.4, 0.5) is 14.5 Å². The fourth-order valence-corrected chi connectivity index (χ4v) is 2.52. The third-order valence-corrected chi connectivity index (χ3v) is 3.83. The molecule has 0 aliphatic rings. The molecule has 0 atom stereocenters. The summed E-state index contributed by atoms with van der Waals surface area (Å²) in [6.45, 7) is 0. The molecule has 1 amide bonds. The largest absolute Gasteiger partial charge is 0.420 e. The fourth-order valence-electron chi connectivity index (χ4n) is 1.88. The molecule has 2 aromatic heterocycles. The summed E-state index contributed by atoms with van der Waals surface area (Å²) < 4.78 is 31.7. The van der Waals surface area contributed by atoms with Crippen molar-refractivity contribution in [2.45, 2.75) is 12.8 Å². The van der Waals surface area contributed by atoms with E-state index in [4.69, 9.17) is 4.42 Å². The molecule has 118 valence electrons. The number of nitrogens with one attached hydrogen (secondary N) is 1. The van der Waals surface area contributed by atoms with Gasteiger partial charge in [-0.15, -0.1) is 21.5 Å². The van der Waals surface area contributed by atoms with E-state index in [1.165, 1.54) is 17.4 Å². The molecule has 0 spiro atoms. The van der Waals surface area contributed by atoms with Gasteiger partial charge in [0.15, 0.2) is 0 Å². The smallest absolute Gasteiger partial charge is 0.257 e. The number of halogens is 2. The van der Waals surface area contributed by atoms with Gasteiger partial charge in [0, 0.05) is 18.9 Å². The van der Waals surface area contributed by atoms with E-state index in [1.54, 1.807) is 0 Å². The standard InChI is InChI=1S/C15H11F2N3O2S/c16-9-3-4-11(10(17)8-9)18-13(21)5-6-14-19-20-15(22-14)12-2-1-7-23-12/h1-4,7-8H,5-6H2,(H,18,21). The number of hydrogen-bond donors (Lipinski definition) is 1.